The maximum Gasteiger partial charge on any atom is 0.225 e. The molecule has 0 unspecified atom stereocenters. The van der Waals surface area contributed by atoms with Gasteiger partial charge in [0.2, 0.25) is 5.91 Å². The normalized spacial score (nSPS) is 12.0. The van der Waals surface area contributed by atoms with E-state index in [1.54, 1.807) is 7.11 Å². The Morgan fingerprint density at radius 3 is 2.61 bits per heavy atom. The molecule has 0 fully saturated rings. The number of amides is 1. The summed E-state index contributed by atoms with van der Waals surface area (Å²) in [6.07, 6.45) is 7.73. The molecule has 7 nitrogen and oxygen atoms in total. The van der Waals surface area contributed by atoms with Crippen LogP contribution in [0.1, 0.15) is 75.0 Å². The third-order valence-electron chi connectivity index (χ3n) is 6.99. The lowest BCUT2D eigenvalue weighted by Crippen LogP contribution is -2.30. The molecule has 1 atom stereocenters. The van der Waals surface area contributed by atoms with E-state index in [-0.39, 0.29) is 18.4 Å². The Hall–Kier alpha value is -3.87. The minimum absolute atomic E-state index is 0.0578. The minimum Gasteiger partial charge on any atom is -0.497 e. The number of rotatable bonds is 14. The van der Waals surface area contributed by atoms with Crippen molar-refractivity contribution < 1.29 is 14.3 Å². The van der Waals surface area contributed by atoms with Crippen LogP contribution in [-0.4, -0.2) is 33.8 Å². The van der Waals surface area contributed by atoms with Crippen LogP contribution in [0.25, 0.3) is 22.2 Å². The van der Waals surface area contributed by atoms with Gasteiger partial charge in [-0.25, -0.2) is 4.98 Å². The summed E-state index contributed by atoms with van der Waals surface area (Å²) in [7, 11) is 1.64. The van der Waals surface area contributed by atoms with Crippen LogP contribution in [0.5, 0.6) is 5.75 Å². The van der Waals surface area contributed by atoms with E-state index in [1.807, 2.05) is 68.6 Å². The highest BCUT2D eigenvalue weighted by Gasteiger charge is 2.20. The number of benzene rings is 2. The number of nitrogens with one attached hydrogen (secondary N) is 3. The second kappa shape index (κ2) is 13.1. The zero-order valence-electron chi connectivity index (χ0n) is 22.6. The molecule has 0 bridgehead atoms. The molecule has 1 amide bonds. The quantitative estimate of drug-likeness (QED) is 0.165. The largest absolute Gasteiger partial charge is 0.497 e. The number of carbonyl (C=O) groups excluding carboxylic acids is 2. The molecule has 0 saturated heterocycles. The fourth-order valence-corrected chi connectivity index (χ4v) is 4.93. The number of unbranched alkanes of at least 4 members (excludes halogenated alkanes) is 2. The van der Waals surface area contributed by atoms with Crippen LogP contribution < -0.4 is 10.1 Å². The van der Waals surface area contributed by atoms with Gasteiger partial charge in [0.05, 0.1) is 31.5 Å². The van der Waals surface area contributed by atoms with Crippen LogP contribution in [0.4, 0.5) is 0 Å². The molecule has 0 aliphatic heterocycles. The SMILES string of the molecule is CCCC(=O)CCCCC[C@H](NC(=O)Cc1c(C)[nH]c2ccc(OC)cc12)c1ncc(-c2ccccc2)[nH]1. The molecule has 0 aliphatic rings. The summed E-state index contributed by atoms with van der Waals surface area (Å²) in [6.45, 7) is 4.03. The lowest BCUT2D eigenvalue weighted by molar-refractivity contribution is -0.121. The molecule has 0 aliphatic carbocycles. The van der Waals surface area contributed by atoms with E-state index in [2.05, 4.69) is 20.3 Å². The fraction of sp³-hybridized carbons (Fsp3) is 0.387. The van der Waals surface area contributed by atoms with Gasteiger partial charge in [0.15, 0.2) is 0 Å². The Bertz CT molecular complexity index is 1360. The number of ketones is 1. The minimum atomic E-state index is -0.244. The van der Waals surface area contributed by atoms with Crippen LogP contribution >= 0.6 is 0 Å². The number of H-pyrrole nitrogens is 2. The highest BCUT2D eigenvalue weighted by Crippen LogP contribution is 2.28. The summed E-state index contributed by atoms with van der Waals surface area (Å²) < 4.78 is 5.40. The number of imidazole rings is 1. The zero-order chi connectivity index (χ0) is 26.9. The summed E-state index contributed by atoms with van der Waals surface area (Å²) in [5.41, 5.74) is 4.90. The third kappa shape index (κ3) is 6.91. The Morgan fingerprint density at radius 1 is 1.03 bits per heavy atom. The molecule has 0 spiro atoms. The first kappa shape index (κ1) is 27.2. The van der Waals surface area contributed by atoms with Crippen molar-refractivity contribution in [3.05, 3.63) is 71.8 Å². The molecular formula is C31H38N4O3. The molecule has 4 rings (SSSR count). The van der Waals surface area contributed by atoms with Gasteiger partial charge in [-0.15, -0.1) is 0 Å². The lowest BCUT2D eigenvalue weighted by Gasteiger charge is -2.17. The molecule has 38 heavy (non-hydrogen) atoms. The maximum absolute atomic E-state index is 13.3. The van der Waals surface area contributed by atoms with Gasteiger partial charge in [-0.2, -0.15) is 0 Å². The van der Waals surface area contributed by atoms with Gasteiger partial charge < -0.3 is 20.0 Å². The van der Waals surface area contributed by atoms with E-state index in [0.717, 1.165) is 77.1 Å². The first-order valence-corrected chi connectivity index (χ1v) is 13.5. The van der Waals surface area contributed by atoms with Crippen LogP contribution in [0.2, 0.25) is 0 Å². The van der Waals surface area contributed by atoms with E-state index in [4.69, 9.17) is 4.74 Å². The highest BCUT2D eigenvalue weighted by atomic mass is 16.5. The average Bonchev–Trinajstić information content (AvgIpc) is 3.53. The maximum atomic E-state index is 13.3. The van der Waals surface area contributed by atoms with Crippen molar-refractivity contribution in [3.63, 3.8) is 0 Å². The number of aryl methyl sites for hydroxylation is 1. The van der Waals surface area contributed by atoms with Crippen LogP contribution in [0.15, 0.2) is 54.7 Å². The highest BCUT2D eigenvalue weighted by molar-refractivity contribution is 5.91. The molecular weight excluding hydrogens is 476 g/mol. The summed E-state index contributed by atoms with van der Waals surface area (Å²) in [5.74, 6) is 1.79. The van der Waals surface area contributed by atoms with Crippen molar-refractivity contribution in [1.82, 2.24) is 20.3 Å². The zero-order valence-corrected chi connectivity index (χ0v) is 22.6. The molecule has 2 aromatic carbocycles. The van der Waals surface area contributed by atoms with Crippen LogP contribution in [-0.2, 0) is 16.0 Å². The molecule has 2 heterocycles. The average molecular weight is 515 g/mol. The molecule has 4 aromatic rings. The standard InChI is InChI=1S/C31H38N4O3/c1-4-11-23(36)14-9-6-10-15-28(31-32-20-29(35-31)22-12-7-5-8-13-22)34-30(37)19-25-21(2)33-27-17-16-24(38-3)18-26(25)27/h5,7-8,12-13,16-18,20,28,33H,4,6,9-11,14-15,19H2,1-3H3,(H,32,35)(H,34,37)/t28-/m0/s1. The monoisotopic (exact) mass is 514 g/mol. The summed E-state index contributed by atoms with van der Waals surface area (Å²) >= 11 is 0. The molecule has 0 radical (unpaired) electrons. The van der Waals surface area contributed by atoms with Gasteiger partial charge >= 0.3 is 0 Å². The van der Waals surface area contributed by atoms with Crippen molar-refractivity contribution in [1.29, 1.82) is 0 Å². The van der Waals surface area contributed by atoms with E-state index >= 15 is 0 Å². The topological polar surface area (TPSA) is 99.9 Å². The summed E-state index contributed by atoms with van der Waals surface area (Å²) in [4.78, 5) is 36.6. The van der Waals surface area contributed by atoms with E-state index in [0.29, 0.717) is 18.6 Å². The Kier molecular flexibility index (Phi) is 9.35. The van der Waals surface area contributed by atoms with E-state index < -0.39 is 0 Å². The predicted molar refractivity (Wildman–Crippen MR) is 151 cm³/mol. The van der Waals surface area contributed by atoms with Gasteiger partial charge in [0, 0.05) is 29.4 Å². The van der Waals surface area contributed by atoms with Crippen molar-refractivity contribution in [2.24, 2.45) is 0 Å². The second-order valence-corrected chi connectivity index (χ2v) is 9.87. The Balaban J connectivity index is 1.47. The number of nitrogens with zero attached hydrogens (tertiary/aromatic N) is 1. The Morgan fingerprint density at radius 2 is 1.84 bits per heavy atom. The van der Waals surface area contributed by atoms with E-state index in [9.17, 15) is 9.59 Å². The third-order valence-corrected chi connectivity index (χ3v) is 6.99. The summed E-state index contributed by atoms with van der Waals surface area (Å²) in [6, 6.07) is 15.7. The number of Topliss-reactive ketones (excluding diaryl/α,β-unsaturated/α-hetero) is 1. The first-order valence-electron chi connectivity index (χ1n) is 13.5. The number of aromatic amines is 2. The van der Waals surface area contributed by atoms with Gasteiger partial charge in [-0.05, 0) is 55.5 Å². The number of hydrogen-bond acceptors (Lipinski definition) is 4. The molecule has 7 heteroatoms. The van der Waals surface area contributed by atoms with Crippen molar-refractivity contribution >= 4 is 22.6 Å². The van der Waals surface area contributed by atoms with Crippen molar-refractivity contribution in [2.45, 2.75) is 71.3 Å². The van der Waals surface area contributed by atoms with Crippen molar-refractivity contribution in [3.8, 4) is 17.0 Å². The van der Waals surface area contributed by atoms with Gasteiger partial charge in [0.25, 0.3) is 0 Å². The molecule has 2 aromatic heterocycles. The number of ether oxygens (including phenoxy) is 1. The number of aromatic nitrogens is 3. The number of methoxy groups -OCH3 is 1. The second-order valence-electron chi connectivity index (χ2n) is 9.87. The number of fused-ring (bicyclic) bond motifs is 1. The smallest absolute Gasteiger partial charge is 0.225 e. The molecule has 200 valence electrons. The van der Waals surface area contributed by atoms with Gasteiger partial charge in [0.1, 0.15) is 17.4 Å². The predicted octanol–water partition coefficient (Wildman–Crippen LogP) is 6.59. The van der Waals surface area contributed by atoms with Crippen LogP contribution in [0.3, 0.4) is 0 Å². The van der Waals surface area contributed by atoms with Gasteiger partial charge in [-0.1, -0.05) is 50.1 Å². The first-order chi connectivity index (χ1) is 18.5. The van der Waals surface area contributed by atoms with Crippen molar-refractivity contribution in [2.75, 3.05) is 7.11 Å². The molecule has 3 N–H and O–H groups in total. The Labute approximate surface area is 224 Å². The van der Waals surface area contributed by atoms with E-state index in [1.165, 1.54) is 0 Å². The fourth-order valence-electron chi connectivity index (χ4n) is 4.93. The summed E-state index contributed by atoms with van der Waals surface area (Å²) in [5, 5.41) is 4.23. The number of carbonyl (C=O) groups is 2. The number of hydrogen-bond donors (Lipinski definition) is 3. The van der Waals surface area contributed by atoms with Crippen LogP contribution in [0, 0.1) is 6.92 Å². The molecule has 0 saturated carbocycles. The lowest BCUT2D eigenvalue weighted by atomic mass is 10.0. The van der Waals surface area contributed by atoms with Gasteiger partial charge in [-0.3, -0.25) is 9.59 Å².